The SMILES string of the molecule is CC(=O)C1OCCCS1. The molecule has 0 radical (unpaired) electrons. The van der Waals surface area contributed by atoms with Crippen LogP contribution in [0.5, 0.6) is 0 Å². The molecule has 2 nitrogen and oxygen atoms in total. The molecule has 0 N–H and O–H groups in total. The highest BCUT2D eigenvalue weighted by Crippen LogP contribution is 2.19. The van der Waals surface area contributed by atoms with E-state index < -0.39 is 0 Å². The average molecular weight is 146 g/mol. The van der Waals surface area contributed by atoms with Crippen molar-refractivity contribution in [1.82, 2.24) is 0 Å². The van der Waals surface area contributed by atoms with Crippen LogP contribution in [0, 0.1) is 0 Å². The lowest BCUT2D eigenvalue weighted by molar-refractivity contribution is -0.123. The minimum Gasteiger partial charge on any atom is -0.360 e. The molecule has 9 heavy (non-hydrogen) atoms. The highest BCUT2D eigenvalue weighted by molar-refractivity contribution is 8.00. The molecule has 0 aromatic rings. The van der Waals surface area contributed by atoms with Crippen LogP contribution in [0.2, 0.25) is 0 Å². The van der Waals surface area contributed by atoms with E-state index in [0.717, 1.165) is 18.8 Å². The molecule has 0 bridgehead atoms. The summed E-state index contributed by atoms with van der Waals surface area (Å²) in [6.45, 7) is 2.32. The Morgan fingerprint density at radius 2 is 2.56 bits per heavy atom. The first-order valence-corrected chi connectivity index (χ1v) is 4.09. The topological polar surface area (TPSA) is 26.3 Å². The van der Waals surface area contributed by atoms with E-state index in [4.69, 9.17) is 4.74 Å². The first-order chi connectivity index (χ1) is 4.30. The van der Waals surface area contributed by atoms with Crippen molar-refractivity contribution in [3.63, 3.8) is 0 Å². The summed E-state index contributed by atoms with van der Waals surface area (Å²) in [5.74, 6) is 1.20. The third-order valence-electron chi connectivity index (χ3n) is 1.16. The molecule has 0 aliphatic carbocycles. The van der Waals surface area contributed by atoms with Crippen molar-refractivity contribution in [3.05, 3.63) is 0 Å². The lowest BCUT2D eigenvalue weighted by atomic mass is 10.4. The van der Waals surface area contributed by atoms with Crippen molar-refractivity contribution >= 4 is 17.5 Å². The molecule has 1 aliphatic rings. The molecule has 0 spiro atoms. The quantitative estimate of drug-likeness (QED) is 0.553. The van der Waals surface area contributed by atoms with E-state index in [-0.39, 0.29) is 11.2 Å². The van der Waals surface area contributed by atoms with Crippen molar-refractivity contribution in [1.29, 1.82) is 0 Å². The smallest absolute Gasteiger partial charge is 0.168 e. The van der Waals surface area contributed by atoms with Gasteiger partial charge < -0.3 is 4.74 Å². The summed E-state index contributed by atoms with van der Waals surface area (Å²) in [7, 11) is 0. The molecule has 0 aromatic heterocycles. The van der Waals surface area contributed by atoms with Gasteiger partial charge in [-0.05, 0) is 19.1 Å². The Kier molecular flexibility index (Phi) is 2.54. The monoisotopic (exact) mass is 146 g/mol. The maximum atomic E-state index is 10.7. The number of Topliss-reactive ketones (excluding diaryl/α,β-unsaturated/α-hetero) is 1. The van der Waals surface area contributed by atoms with Crippen molar-refractivity contribution < 1.29 is 9.53 Å². The Balaban J connectivity index is 2.31. The highest BCUT2D eigenvalue weighted by atomic mass is 32.2. The highest BCUT2D eigenvalue weighted by Gasteiger charge is 2.17. The lowest BCUT2D eigenvalue weighted by Crippen LogP contribution is -2.23. The Labute approximate surface area is 59.0 Å². The number of carbonyl (C=O) groups is 1. The van der Waals surface area contributed by atoms with Gasteiger partial charge in [0, 0.05) is 6.61 Å². The molecule has 1 atom stereocenters. The van der Waals surface area contributed by atoms with Gasteiger partial charge in [-0.3, -0.25) is 4.79 Å². The molecule has 1 rings (SSSR count). The molecule has 3 heteroatoms. The van der Waals surface area contributed by atoms with Crippen LogP contribution in [0.3, 0.4) is 0 Å². The van der Waals surface area contributed by atoms with E-state index in [1.54, 1.807) is 18.7 Å². The van der Waals surface area contributed by atoms with Gasteiger partial charge >= 0.3 is 0 Å². The fraction of sp³-hybridized carbons (Fsp3) is 0.833. The van der Waals surface area contributed by atoms with Crippen LogP contribution >= 0.6 is 11.8 Å². The standard InChI is InChI=1S/C6H10O2S/c1-5(7)6-8-3-2-4-9-6/h6H,2-4H2,1H3. The molecular formula is C6H10O2S. The zero-order chi connectivity index (χ0) is 6.69. The third-order valence-corrected chi connectivity index (χ3v) is 2.45. The van der Waals surface area contributed by atoms with Gasteiger partial charge in [-0.15, -0.1) is 11.8 Å². The first-order valence-electron chi connectivity index (χ1n) is 3.04. The minimum absolute atomic E-state index is 0.139. The van der Waals surface area contributed by atoms with E-state index in [1.165, 1.54) is 0 Å². The number of carbonyl (C=O) groups excluding carboxylic acids is 1. The Morgan fingerprint density at radius 3 is 2.89 bits per heavy atom. The van der Waals surface area contributed by atoms with Crippen molar-refractivity contribution in [3.8, 4) is 0 Å². The number of rotatable bonds is 1. The number of thioether (sulfide) groups is 1. The van der Waals surface area contributed by atoms with E-state index in [0.29, 0.717) is 0 Å². The molecule has 0 amide bonds. The van der Waals surface area contributed by atoms with Gasteiger partial charge in [0.2, 0.25) is 0 Å². The van der Waals surface area contributed by atoms with Crippen molar-refractivity contribution in [2.24, 2.45) is 0 Å². The summed E-state index contributed by atoms with van der Waals surface area (Å²) in [4.78, 5) is 10.7. The molecule has 1 heterocycles. The second-order valence-electron chi connectivity index (χ2n) is 2.04. The van der Waals surface area contributed by atoms with Crippen molar-refractivity contribution in [2.45, 2.75) is 18.8 Å². The van der Waals surface area contributed by atoms with Gasteiger partial charge in [-0.25, -0.2) is 0 Å². The summed E-state index contributed by atoms with van der Waals surface area (Å²) in [6.07, 6.45) is 1.08. The third kappa shape index (κ3) is 1.99. The summed E-state index contributed by atoms with van der Waals surface area (Å²) in [6, 6.07) is 0. The molecule has 1 fully saturated rings. The molecule has 52 valence electrons. The van der Waals surface area contributed by atoms with E-state index in [9.17, 15) is 4.79 Å². The predicted octanol–water partition coefficient (Wildman–Crippen LogP) is 1.05. The molecule has 1 unspecified atom stereocenters. The van der Waals surface area contributed by atoms with Crippen LogP contribution in [0.4, 0.5) is 0 Å². The largest absolute Gasteiger partial charge is 0.360 e. The molecular weight excluding hydrogens is 136 g/mol. The Bertz CT molecular complexity index is 108. The maximum Gasteiger partial charge on any atom is 0.168 e. The van der Waals surface area contributed by atoms with E-state index >= 15 is 0 Å². The van der Waals surface area contributed by atoms with Gasteiger partial charge in [-0.2, -0.15) is 0 Å². The molecule has 1 aliphatic heterocycles. The summed E-state index contributed by atoms with van der Waals surface area (Å²) < 4.78 is 5.15. The summed E-state index contributed by atoms with van der Waals surface area (Å²) in [5, 5.41) is 0. The number of ether oxygens (including phenoxy) is 1. The zero-order valence-corrected chi connectivity index (χ0v) is 6.24. The zero-order valence-electron chi connectivity index (χ0n) is 5.42. The van der Waals surface area contributed by atoms with Gasteiger partial charge in [0.05, 0.1) is 0 Å². The van der Waals surface area contributed by atoms with Crippen molar-refractivity contribution in [2.75, 3.05) is 12.4 Å². The second-order valence-corrected chi connectivity index (χ2v) is 3.21. The number of hydrogen-bond donors (Lipinski definition) is 0. The van der Waals surface area contributed by atoms with E-state index in [1.807, 2.05) is 0 Å². The number of hydrogen-bond acceptors (Lipinski definition) is 3. The van der Waals surface area contributed by atoms with Crippen LogP contribution in [-0.2, 0) is 9.53 Å². The van der Waals surface area contributed by atoms with E-state index in [2.05, 4.69) is 0 Å². The predicted molar refractivity (Wildman–Crippen MR) is 37.5 cm³/mol. The van der Waals surface area contributed by atoms with Gasteiger partial charge in [0.15, 0.2) is 11.2 Å². The van der Waals surface area contributed by atoms with Crippen LogP contribution in [0.25, 0.3) is 0 Å². The maximum absolute atomic E-state index is 10.7. The fourth-order valence-corrected chi connectivity index (χ4v) is 1.65. The Morgan fingerprint density at radius 1 is 1.78 bits per heavy atom. The van der Waals surface area contributed by atoms with Gasteiger partial charge in [0.1, 0.15) is 0 Å². The van der Waals surface area contributed by atoms with Crippen LogP contribution < -0.4 is 0 Å². The lowest BCUT2D eigenvalue weighted by Gasteiger charge is -2.18. The Hall–Kier alpha value is -0.0200. The molecule has 0 saturated carbocycles. The van der Waals surface area contributed by atoms with Crippen LogP contribution in [0.15, 0.2) is 0 Å². The van der Waals surface area contributed by atoms with Gasteiger partial charge in [-0.1, -0.05) is 0 Å². The minimum atomic E-state index is -0.168. The summed E-state index contributed by atoms with van der Waals surface area (Å²) in [5.41, 5.74) is -0.168. The molecule has 0 aromatic carbocycles. The van der Waals surface area contributed by atoms with Crippen LogP contribution in [-0.4, -0.2) is 23.6 Å². The normalized spacial score (nSPS) is 27.9. The van der Waals surface area contributed by atoms with Crippen LogP contribution in [0.1, 0.15) is 13.3 Å². The van der Waals surface area contributed by atoms with Gasteiger partial charge in [0.25, 0.3) is 0 Å². The first kappa shape index (κ1) is 7.09. The summed E-state index contributed by atoms with van der Waals surface area (Å²) >= 11 is 1.60. The second kappa shape index (κ2) is 3.22. The fourth-order valence-electron chi connectivity index (χ4n) is 0.722. The average Bonchev–Trinajstić information content (AvgIpc) is 1.90. The number of ketones is 1. The molecule has 1 saturated heterocycles.